The molecule has 6 amide bonds. The van der Waals surface area contributed by atoms with E-state index < -0.39 is 58.6 Å². The molecule has 2 aliphatic rings. The maximum absolute atomic E-state index is 12.8. The Morgan fingerprint density at radius 3 is 2.33 bits per heavy atom. The summed E-state index contributed by atoms with van der Waals surface area (Å²) in [5, 5.41) is 4.70. The predicted octanol–water partition coefficient (Wildman–Crippen LogP) is -4.63. The van der Waals surface area contributed by atoms with E-state index in [4.69, 9.17) is 4.55 Å². The summed E-state index contributed by atoms with van der Waals surface area (Å²) in [5.74, 6) is -3.74. The van der Waals surface area contributed by atoms with Crippen molar-refractivity contribution in [2.45, 2.75) is 19.0 Å². The maximum atomic E-state index is 12.8. The fraction of sp³-hybridized carbons (Fsp3) is 0.389. The van der Waals surface area contributed by atoms with Gasteiger partial charge in [0.15, 0.2) is 0 Å². The van der Waals surface area contributed by atoms with Crippen LogP contribution in [-0.4, -0.2) is 89.0 Å². The molecule has 3 N–H and O–H groups in total. The normalized spacial score (nSPS) is 19.4. The van der Waals surface area contributed by atoms with Crippen LogP contribution in [0.25, 0.3) is 0 Å². The van der Waals surface area contributed by atoms with Crippen molar-refractivity contribution in [3.8, 4) is 0 Å². The number of carbonyl (C=O) groups is 5. The van der Waals surface area contributed by atoms with Crippen molar-refractivity contribution < 1.29 is 67.9 Å². The molecule has 2 fully saturated rings. The van der Waals surface area contributed by atoms with E-state index in [-0.39, 0.29) is 48.4 Å². The van der Waals surface area contributed by atoms with Crippen LogP contribution >= 0.6 is 0 Å². The van der Waals surface area contributed by atoms with E-state index in [0.29, 0.717) is 17.0 Å². The van der Waals surface area contributed by atoms with Gasteiger partial charge >= 0.3 is 57.7 Å². The third-order valence-electron chi connectivity index (χ3n) is 5.09. The smallest absolute Gasteiger partial charge is 1.00 e. The Balaban J connectivity index is 0.00000289. The van der Waals surface area contributed by atoms with Crippen LogP contribution in [0, 0.1) is 0 Å². The average Bonchev–Trinajstić information content (AvgIpc) is 2.75. The summed E-state index contributed by atoms with van der Waals surface area (Å²) in [6, 6.07) is 4.40. The van der Waals surface area contributed by atoms with Crippen LogP contribution in [0.4, 0.5) is 4.79 Å². The summed E-state index contributed by atoms with van der Waals surface area (Å²) in [4.78, 5) is 63.8. The maximum Gasteiger partial charge on any atom is 1.00 e. The number of urea groups is 1. The van der Waals surface area contributed by atoms with Crippen LogP contribution < -0.4 is 40.2 Å². The number of β-lactam (4-membered cyclic amide) rings is 1. The van der Waals surface area contributed by atoms with Crippen molar-refractivity contribution in [2.75, 3.05) is 26.2 Å². The molecule has 174 valence electrons. The third-order valence-corrected chi connectivity index (χ3v) is 5.97. The summed E-state index contributed by atoms with van der Waals surface area (Å²) in [6.45, 7) is 1.63. The second kappa shape index (κ2) is 10.6. The number of amides is 6. The molecule has 0 radical (unpaired) electrons. The van der Waals surface area contributed by atoms with Crippen molar-refractivity contribution in [3.05, 3.63) is 35.9 Å². The van der Waals surface area contributed by atoms with Gasteiger partial charge in [-0.1, -0.05) is 30.3 Å². The Labute approximate surface area is 213 Å². The van der Waals surface area contributed by atoms with Crippen LogP contribution in [0.1, 0.15) is 20.0 Å². The molecule has 0 aromatic heterocycles. The van der Waals surface area contributed by atoms with E-state index >= 15 is 0 Å². The second-order valence-electron chi connectivity index (χ2n) is 7.04. The molecule has 2 unspecified atom stereocenters. The molecule has 0 aliphatic carbocycles. The van der Waals surface area contributed by atoms with Crippen LogP contribution in [-0.2, 0) is 29.5 Å². The van der Waals surface area contributed by atoms with Crippen LogP contribution in [0.2, 0.25) is 0 Å². The van der Waals surface area contributed by atoms with Crippen LogP contribution in [0.5, 0.6) is 0 Å². The molecule has 2 atom stereocenters. The zero-order valence-electron chi connectivity index (χ0n) is 18.9. The van der Waals surface area contributed by atoms with Crippen LogP contribution in [0.3, 0.4) is 0 Å². The first kappa shape index (κ1) is 26.7. The molecule has 1 aromatic carbocycles. The van der Waals surface area contributed by atoms with Crippen molar-refractivity contribution in [1.29, 1.82) is 0 Å². The number of benzene rings is 1. The number of hydrogen-bond donors (Lipinski definition) is 3. The molecular formula is C18H22N5NaO8S. The molecule has 1 aromatic rings. The number of nitrogens with zero attached hydrogens (tertiary/aromatic N) is 3. The molecule has 2 saturated heterocycles. The number of likely N-dealkylation sites (N-methyl/N-ethyl adjacent to an activating group) is 1. The summed E-state index contributed by atoms with van der Waals surface area (Å²) >= 11 is 0. The van der Waals surface area contributed by atoms with Crippen molar-refractivity contribution in [3.63, 3.8) is 0 Å². The van der Waals surface area contributed by atoms with Gasteiger partial charge in [-0.2, -0.15) is 8.42 Å². The number of carbonyl (C=O) groups excluding carboxylic acids is 5. The van der Waals surface area contributed by atoms with Gasteiger partial charge in [0.2, 0.25) is 5.91 Å². The SMILES string of the molecule is CCN1CCN(C(=O)NC(C(=O)NC2CN(S(=O)(=O)O)C2=O)c2ccccc2)C(=O)C1=O.[H-].[Na+]. The first-order chi connectivity index (χ1) is 15.0. The fourth-order valence-electron chi connectivity index (χ4n) is 3.28. The number of rotatable bonds is 6. The minimum Gasteiger partial charge on any atom is -1.00 e. The van der Waals surface area contributed by atoms with E-state index in [9.17, 15) is 32.4 Å². The first-order valence-electron chi connectivity index (χ1n) is 9.60. The summed E-state index contributed by atoms with van der Waals surface area (Å²) in [5.41, 5.74) is 0.322. The summed E-state index contributed by atoms with van der Waals surface area (Å²) in [6.07, 6.45) is 0. The first-order valence-corrected chi connectivity index (χ1v) is 11.0. The minimum atomic E-state index is -4.73. The van der Waals surface area contributed by atoms with Gasteiger partial charge in [-0.25, -0.2) is 9.10 Å². The predicted molar refractivity (Wildman–Crippen MR) is 108 cm³/mol. The third kappa shape index (κ3) is 5.70. The van der Waals surface area contributed by atoms with E-state index in [0.717, 1.165) is 0 Å². The Morgan fingerprint density at radius 1 is 1.15 bits per heavy atom. The molecule has 0 saturated carbocycles. The molecular weight excluding hydrogens is 469 g/mol. The van der Waals surface area contributed by atoms with E-state index in [1.54, 1.807) is 25.1 Å². The van der Waals surface area contributed by atoms with Gasteiger partial charge in [-0.3, -0.25) is 28.6 Å². The number of imide groups is 1. The Hall–Kier alpha value is -2.52. The zero-order chi connectivity index (χ0) is 23.6. The molecule has 0 spiro atoms. The minimum absolute atomic E-state index is 0. The topological polar surface area (TPSA) is 173 Å². The van der Waals surface area contributed by atoms with Crippen molar-refractivity contribution in [1.82, 2.24) is 24.7 Å². The van der Waals surface area contributed by atoms with Crippen LogP contribution in [0.15, 0.2) is 30.3 Å². The van der Waals surface area contributed by atoms with Gasteiger partial charge in [-0.05, 0) is 12.5 Å². The number of hydrogen-bond acceptors (Lipinski definition) is 7. The fourth-order valence-corrected chi connectivity index (χ4v) is 3.97. The van der Waals surface area contributed by atoms with Gasteiger partial charge in [0, 0.05) is 19.6 Å². The Morgan fingerprint density at radius 2 is 1.79 bits per heavy atom. The van der Waals surface area contributed by atoms with Gasteiger partial charge < -0.3 is 17.0 Å². The average molecular weight is 491 g/mol. The molecule has 0 bridgehead atoms. The zero-order valence-corrected chi connectivity index (χ0v) is 20.7. The van der Waals surface area contributed by atoms with Gasteiger partial charge in [-0.15, -0.1) is 0 Å². The monoisotopic (exact) mass is 491 g/mol. The summed E-state index contributed by atoms with van der Waals surface area (Å²) < 4.78 is 31.2. The summed E-state index contributed by atoms with van der Waals surface area (Å²) in [7, 11) is -4.73. The molecule has 33 heavy (non-hydrogen) atoms. The van der Waals surface area contributed by atoms with E-state index in [1.807, 2.05) is 0 Å². The molecule has 13 nitrogen and oxygen atoms in total. The Kier molecular flexibility index (Phi) is 8.59. The van der Waals surface area contributed by atoms with E-state index in [1.165, 1.54) is 17.0 Å². The second-order valence-corrected chi connectivity index (χ2v) is 8.38. The van der Waals surface area contributed by atoms with Gasteiger partial charge in [0.05, 0.1) is 6.54 Å². The molecule has 15 heteroatoms. The molecule has 2 heterocycles. The standard InChI is InChI=1S/C18H21N5O8S.Na.H/c1-2-21-8-9-22(17(27)16(21)26)18(28)20-13(11-6-4-3-5-7-11)14(24)19-12-10-23(15(12)25)32(29,30)31;;/h3-7,12-13H,2,8-10H2,1H3,(H,19,24)(H,20,28)(H,29,30,31);;/q;+1;-1. The van der Waals surface area contributed by atoms with Gasteiger partial charge in [0.1, 0.15) is 12.1 Å². The molecule has 2 aliphatic heterocycles. The quantitative estimate of drug-likeness (QED) is 0.154. The van der Waals surface area contributed by atoms with E-state index in [2.05, 4.69) is 10.6 Å². The van der Waals surface area contributed by atoms with Crippen molar-refractivity contribution >= 4 is 40.0 Å². The van der Waals surface area contributed by atoms with Gasteiger partial charge in [0.25, 0.3) is 5.91 Å². The number of piperazine rings is 1. The number of nitrogens with one attached hydrogen (secondary N) is 2. The van der Waals surface area contributed by atoms with Crippen molar-refractivity contribution in [2.24, 2.45) is 0 Å². The molecule has 3 rings (SSSR count). The largest absolute Gasteiger partial charge is 1.00 e. The Bertz CT molecular complexity index is 1070.